The van der Waals surface area contributed by atoms with Crippen LogP contribution in [0, 0.1) is 0 Å². The normalized spacial score (nSPS) is 16.3. The number of hydrogen-bond donors (Lipinski definition) is 0. The van der Waals surface area contributed by atoms with Gasteiger partial charge < -0.3 is 4.90 Å². The number of fused-ring (bicyclic) bond motifs is 12. The SMILES string of the molecule is CC1(C)C2=C(CCC(N(c3ccc(-c4ccccc4)cc3)c3cccc4c3-c3ccccc3C43c4ccccc4-c4ccccc43)=C2)c2ccccc21. The summed E-state index contributed by atoms with van der Waals surface area (Å²) in [6, 6.07) is 63.5. The van der Waals surface area contributed by atoms with Crippen molar-refractivity contribution in [3.05, 3.63) is 221 Å². The van der Waals surface area contributed by atoms with Crippen molar-refractivity contribution < 1.29 is 0 Å². The first kappa shape index (κ1) is 30.4. The van der Waals surface area contributed by atoms with Crippen LogP contribution in [0.25, 0.3) is 39.0 Å². The number of hydrogen-bond acceptors (Lipinski definition) is 1. The molecular formula is C52H39N. The lowest BCUT2D eigenvalue weighted by atomic mass is 9.70. The zero-order valence-corrected chi connectivity index (χ0v) is 30.1. The molecular weight excluding hydrogens is 639 g/mol. The number of benzene rings is 7. The van der Waals surface area contributed by atoms with Crippen LogP contribution in [0.5, 0.6) is 0 Å². The van der Waals surface area contributed by atoms with Crippen molar-refractivity contribution >= 4 is 16.9 Å². The fraction of sp³-hybridized carbons (Fsp3) is 0.115. The third-order valence-corrected chi connectivity index (χ3v) is 12.6. The zero-order valence-electron chi connectivity index (χ0n) is 30.1. The van der Waals surface area contributed by atoms with Crippen LogP contribution in [0.15, 0.2) is 187 Å². The molecule has 4 aliphatic rings. The summed E-state index contributed by atoms with van der Waals surface area (Å²) < 4.78 is 0. The maximum absolute atomic E-state index is 2.60. The number of nitrogens with zero attached hydrogens (tertiary/aromatic N) is 1. The Balaban J connectivity index is 1.17. The number of allylic oxidation sites excluding steroid dienone is 4. The Morgan fingerprint density at radius 3 is 1.64 bits per heavy atom. The highest BCUT2D eigenvalue weighted by molar-refractivity contribution is 6.00. The summed E-state index contributed by atoms with van der Waals surface area (Å²) in [6.07, 6.45) is 4.53. The van der Waals surface area contributed by atoms with Gasteiger partial charge in [-0.2, -0.15) is 0 Å². The minimum absolute atomic E-state index is 0.0625. The molecule has 1 nitrogen and oxygen atoms in total. The van der Waals surface area contributed by atoms with Gasteiger partial charge in [-0.1, -0.05) is 166 Å². The van der Waals surface area contributed by atoms with Gasteiger partial charge in [0, 0.05) is 22.4 Å². The lowest BCUT2D eigenvalue weighted by Crippen LogP contribution is -2.26. The van der Waals surface area contributed by atoms with Gasteiger partial charge in [-0.25, -0.2) is 0 Å². The van der Waals surface area contributed by atoms with Gasteiger partial charge >= 0.3 is 0 Å². The molecule has 0 saturated heterocycles. The molecule has 0 saturated carbocycles. The highest BCUT2D eigenvalue weighted by Crippen LogP contribution is 2.64. The molecule has 0 amide bonds. The molecule has 0 aromatic heterocycles. The summed E-state index contributed by atoms with van der Waals surface area (Å²) >= 11 is 0. The maximum atomic E-state index is 2.60. The predicted octanol–water partition coefficient (Wildman–Crippen LogP) is 13.3. The first-order chi connectivity index (χ1) is 26.1. The van der Waals surface area contributed by atoms with Gasteiger partial charge in [-0.3, -0.25) is 0 Å². The van der Waals surface area contributed by atoms with Gasteiger partial charge in [0.15, 0.2) is 0 Å². The Hall–Kier alpha value is -6.18. The average Bonchev–Trinajstić information content (AvgIpc) is 3.78. The third kappa shape index (κ3) is 4.08. The van der Waals surface area contributed by atoms with E-state index in [-0.39, 0.29) is 10.8 Å². The van der Waals surface area contributed by atoms with Crippen LogP contribution in [-0.4, -0.2) is 0 Å². The number of rotatable bonds is 4. The molecule has 4 aliphatic carbocycles. The van der Waals surface area contributed by atoms with Crippen molar-refractivity contribution in [2.24, 2.45) is 0 Å². The highest BCUT2D eigenvalue weighted by atomic mass is 15.2. The molecule has 0 heterocycles. The smallest absolute Gasteiger partial charge is 0.0726 e. The van der Waals surface area contributed by atoms with Crippen molar-refractivity contribution in [3.63, 3.8) is 0 Å². The summed E-state index contributed by atoms with van der Waals surface area (Å²) in [5.41, 5.74) is 22.4. The monoisotopic (exact) mass is 677 g/mol. The quantitative estimate of drug-likeness (QED) is 0.179. The van der Waals surface area contributed by atoms with E-state index in [1.54, 1.807) is 0 Å². The van der Waals surface area contributed by atoms with Gasteiger partial charge in [0.25, 0.3) is 0 Å². The summed E-state index contributed by atoms with van der Waals surface area (Å²) in [5, 5.41) is 0. The summed E-state index contributed by atoms with van der Waals surface area (Å²) in [6.45, 7) is 4.81. The summed E-state index contributed by atoms with van der Waals surface area (Å²) in [4.78, 5) is 2.60. The zero-order chi connectivity index (χ0) is 35.3. The molecule has 1 heteroatoms. The van der Waals surface area contributed by atoms with Crippen LogP contribution in [0.3, 0.4) is 0 Å². The van der Waals surface area contributed by atoms with E-state index in [0.29, 0.717) is 0 Å². The maximum Gasteiger partial charge on any atom is 0.0726 e. The molecule has 0 fully saturated rings. The molecule has 0 unspecified atom stereocenters. The Morgan fingerprint density at radius 1 is 0.434 bits per heavy atom. The van der Waals surface area contributed by atoms with Gasteiger partial charge in [-0.15, -0.1) is 0 Å². The Kier molecular flexibility index (Phi) is 6.41. The minimum Gasteiger partial charge on any atom is -0.314 e. The van der Waals surface area contributed by atoms with Crippen LogP contribution in [0.1, 0.15) is 60.1 Å². The molecule has 53 heavy (non-hydrogen) atoms. The average molecular weight is 678 g/mol. The van der Waals surface area contributed by atoms with Gasteiger partial charge in [-0.05, 0) is 109 Å². The van der Waals surface area contributed by atoms with E-state index in [2.05, 4.69) is 195 Å². The molecule has 0 N–H and O–H groups in total. The first-order valence-electron chi connectivity index (χ1n) is 19.0. The molecule has 0 bridgehead atoms. The number of anilines is 2. The van der Waals surface area contributed by atoms with Crippen LogP contribution >= 0.6 is 0 Å². The second-order valence-corrected chi connectivity index (χ2v) is 15.5. The predicted molar refractivity (Wildman–Crippen MR) is 220 cm³/mol. The fourth-order valence-electron chi connectivity index (χ4n) is 10.4. The molecule has 252 valence electrons. The van der Waals surface area contributed by atoms with E-state index >= 15 is 0 Å². The van der Waals surface area contributed by atoms with Crippen LogP contribution < -0.4 is 4.90 Å². The summed E-state index contributed by atoms with van der Waals surface area (Å²) in [7, 11) is 0. The fourth-order valence-corrected chi connectivity index (χ4v) is 10.4. The standard InChI is InChI=1S/C52H39N/c1-51(2)43-21-10-6-17-38(43)41-32-31-37(33-48(41)51)53(36-29-27-35(28-30-36)34-15-4-3-5-16-34)49-26-14-25-47-50(49)42-20-9-13-24-46(42)52(47)44-22-11-7-18-39(44)40-19-8-12-23-45(40)52/h3-30,33H,31-32H2,1-2H3. The lowest BCUT2D eigenvalue weighted by molar-refractivity contribution is 0.648. The van der Waals surface area contributed by atoms with Crippen LogP contribution in [0.2, 0.25) is 0 Å². The van der Waals surface area contributed by atoms with Crippen molar-refractivity contribution in [1.29, 1.82) is 0 Å². The third-order valence-electron chi connectivity index (χ3n) is 12.6. The Labute approximate surface area is 312 Å². The highest BCUT2D eigenvalue weighted by Gasteiger charge is 2.52. The topological polar surface area (TPSA) is 3.24 Å². The minimum atomic E-state index is -0.385. The molecule has 0 atom stereocenters. The molecule has 7 aromatic rings. The van der Waals surface area contributed by atoms with E-state index in [9.17, 15) is 0 Å². The van der Waals surface area contributed by atoms with Gasteiger partial charge in [0.2, 0.25) is 0 Å². The Bertz CT molecular complexity index is 2640. The second kappa shape index (κ2) is 11.2. The van der Waals surface area contributed by atoms with Gasteiger partial charge in [0.1, 0.15) is 0 Å². The van der Waals surface area contributed by atoms with Crippen molar-refractivity contribution in [2.75, 3.05) is 4.90 Å². The Morgan fingerprint density at radius 2 is 0.962 bits per heavy atom. The van der Waals surface area contributed by atoms with E-state index in [0.717, 1.165) is 12.8 Å². The van der Waals surface area contributed by atoms with E-state index in [1.807, 2.05) is 0 Å². The van der Waals surface area contributed by atoms with Crippen molar-refractivity contribution in [2.45, 2.75) is 37.5 Å². The molecule has 0 aliphatic heterocycles. The second-order valence-electron chi connectivity index (χ2n) is 15.5. The van der Waals surface area contributed by atoms with E-state index in [1.165, 1.54) is 95.0 Å². The van der Waals surface area contributed by atoms with Crippen LogP contribution in [0.4, 0.5) is 11.4 Å². The van der Waals surface area contributed by atoms with Crippen molar-refractivity contribution in [3.8, 4) is 33.4 Å². The lowest BCUT2D eigenvalue weighted by Gasteiger charge is -2.34. The first-order valence-corrected chi connectivity index (χ1v) is 19.0. The largest absolute Gasteiger partial charge is 0.314 e. The van der Waals surface area contributed by atoms with Crippen molar-refractivity contribution in [1.82, 2.24) is 0 Å². The van der Waals surface area contributed by atoms with E-state index < -0.39 is 0 Å². The molecule has 11 rings (SSSR count). The molecule has 7 aromatic carbocycles. The van der Waals surface area contributed by atoms with E-state index in [4.69, 9.17) is 0 Å². The molecule has 0 radical (unpaired) electrons. The summed E-state index contributed by atoms with van der Waals surface area (Å²) in [5.74, 6) is 0. The molecule has 1 spiro atoms. The van der Waals surface area contributed by atoms with Crippen LogP contribution in [-0.2, 0) is 10.8 Å². The van der Waals surface area contributed by atoms with Gasteiger partial charge in [0.05, 0.1) is 11.1 Å².